The third kappa shape index (κ3) is 2.50. The first-order valence-electron chi connectivity index (χ1n) is 5.41. The van der Waals surface area contributed by atoms with Crippen molar-refractivity contribution in [2.45, 2.75) is 6.42 Å². The quantitative estimate of drug-likeness (QED) is 0.419. The predicted octanol–water partition coefficient (Wildman–Crippen LogP) is 1.59. The van der Waals surface area contributed by atoms with Crippen LogP contribution in [0.25, 0.3) is 0 Å². The standard InChI is InChI=1S/C12H15N3O2/c1-2-3-4-14-9-6-10-11(5-8(9)13)17-7-12(16)15-10/h2,5-6,14H,1,3-4,7,13H2,(H,15,16). The van der Waals surface area contributed by atoms with E-state index in [1.807, 2.05) is 6.08 Å². The summed E-state index contributed by atoms with van der Waals surface area (Å²) in [6.45, 7) is 4.43. The summed E-state index contributed by atoms with van der Waals surface area (Å²) >= 11 is 0. The number of nitrogens with two attached hydrogens (primary N) is 1. The minimum absolute atomic E-state index is 0.0374. The average molecular weight is 233 g/mol. The van der Waals surface area contributed by atoms with Gasteiger partial charge in [0.1, 0.15) is 5.75 Å². The average Bonchev–Trinajstić information content (AvgIpc) is 2.31. The van der Waals surface area contributed by atoms with Crippen molar-refractivity contribution in [2.75, 3.05) is 29.5 Å². The summed E-state index contributed by atoms with van der Waals surface area (Å²) in [6, 6.07) is 3.50. The lowest BCUT2D eigenvalue weighted by Gasteiger charge is -2.20. The van der Waals surface area contributed by atoms with Crippen LogP contribution in [0.3, 0.4) is 0 Å². The van der Waals surface area contributed by atoms with Gasteiger partial charge in [-0.15, -0.1) is 6.58 Å². The van der Waals surface area contributed by atoms with Crippen LogP contribution in [0, 0.1) is 0 Å². The molecule has 4 N–H and O–H groups in total. The lowest BCUT2D eigenvalue weighted by Crippen LogP contribution is -2.25. The molecule has 1 aromatic carbocycles. The molecule has 0 aliphatic carbocycles. The number of nitrogen functional groups attached to an aromatic ring is 1. The smallest absolute Gasteiger partial charge is 0.262 e. The zero-order valence-electron chi connectivity index (χ0n) is 9.45. The first-order chi connectivity index (χ1) is 8.20. The number of anilines is 3. The highest BCUT2D eigenvalue weighted by Gasteiger charge is 2.17. The normalized spacial score (nSPS) is 13.3. The molecule has 1 aliphatic heterocycles. The van der Waals surface area contributed by atoms with E-state index in [2.05, 4.69) is 17.2 Å². The molecular formula is C12H15N3O2. The summed E-state index contributed by atoms with van der Waals surface area (Å²) < 4.78 is 5.26. The number of benzene rings is 1. The van der Waals surface area contributed by atoms with Gasteiger partial charge in [0.25, 0.3) is 5.91 Å². The molecule has 1 aliphatic rings. The summed E-state index contributed by atoms with van der Waals surface area (Å²) in [7, 11) is 0. The number of fused-ring (bicyclic) bond motifs is 1. The van der Waals surface area contributed by atoms with Gasteiger partial charge in [-0.25, -0.2) is 0 Å². The molecule has 1 aromatic rings. The second-order valence-corrected chi connectivity index (χ2v) is 3.78. The molecular weight excluding hydrogens is 218 g/mol. The zero-order chi connectivity index (χ0) is 12.3. The van der Waals surface area contributed by atoms with Gasteiger partial charge in [-0.1, -0.05) is 6.08 Å². The number of hydrogen-bond acceptors (Lipinski definition) is 4. The Bertz CT molecular complexity index is 457. The van der Waals surface area contributed by atoms with Crippen molar-refractivity contribution in [2.24, 2.45) is 0 Å². The molecule has 0 fully saturated rings. The predicted molar refractivity (Wildman–Crippen MR) is 68.3 cm³/mol. The van der Waals surface area contributed by atoms with E-state index in [0.717, 1.165) is 18.7 Å². The lowest BCUT2D eigenvalue weighted by atomic mass is 10.2. The van der Waals surface area contributed by atoms with Gasteiger partial charge in [0.2, 0.25) is 0 Å². The highest BCUT2D eigenvalue weighted by atomic mass is 16.5. The van der Waals surface area contributed by atoms with E-state index in [-0.39, 0.29) is 12.5 Å². The number of hydrogen-bond donors (Lipinski definition) is 3. The molecule has 90 valence electrons. The van der Waals surface area contributed by atoms with Gasteiger partial charge >= 0.3 is 0 Å². The summed E-state index contributed by atoms with van der Waals surface area (Å²) in [5.74, 6) is 0.454. The number of rotatable bonds is 4. The van der Waals surface area contributed by atoms with Crippen LogP contribution < -0.4 is 21.1 Å². The molecule has 0 saturated heterocycles. The minimum atomic E-state index is -0.153. The molecule has 1 amide bonds. The van der Waals surface area contributed by atoms with Crippen molar-refractivity contribution >= 4 is 23.0 Å². The maximum atomic E-state index is 11.2. The summed E-state index contributed by atoms with van der Waals surface area (Å²) in [6.07, 6.45) is 2.67. The summed E-state index contributed by atoms with van der Waals surface area (Å²) in [5.41, 5.74) is 7.92. The van der Waals surface area contributed by atoms with Crippen LogP contribution in [0.5, 0.6) is 5.75 Å². The Hall–Kier alpha value is -2.17. The number of nitrogens with one attached hydrogen (secondary N) is 2. The Morgan fingerprint density at radius 3 is 3.18 bits per heavy atom. The lowest BCUT2D eigenvalue weighted by molar-refractivity contribution is -0.118. The molecule has 0 aromatic heterocycles. The molecule has 1 heterocycles. The van der Waals surface area contributed by atoms with Gasteiger partial charge in [0.05, 0.1) is 17.1 Å². The second kappa shape index (κ2) is 4.78. The molecule has 0 spiro atoms. The van der Waals surface area contributed by atoms with Crippen LogP contribution in [0.4, 0.5) is 17.1 Å². The zero-order valence-corrected chi connectivity index (χ0v) is 9.45. The largest absolute Gasteiger partial charge is 0.482 e. The van der Waals surface area contributed by atoms with Crippen molar-refractivity contribution in [3.8, 4) is 5.75 Å². The van der Waals surface area contributed by atoms with Gasteiger partial charge < -0.3 is 21.1 Å². The van der Waals surface area contributed by atoms with Crippen molar-refractivity contribution in [1.29, 1.82) is 0 Å². The minimum Gasteiger partial charge on any atom is -0.482 e. The molecule has 5 heteroatoms. The third-order valence-corrected chi connectivity index (χ3v) is 2.45. The van der Waals surface area contributed by atoms with Crippen LogP contribution in [0.2, 0.25) is 0 Å². The van der Waals surface area contributed by atoms with E-state index in [9.17, 15) is 4.79 Å². The Morgan fingerprint density at radius 2 is 2.41 bits per heavy atom. The van der Waals surface area contributed by atoms with E-state index in [4.69, 9.17) is 10.5 Å². The molecule has 0 unspecified atom stereocenters. The topological polar surface area (TPSA) is 76.4 Å². The molecule has 17 heavy (non-hydrogen) atoms. The highest BCUT2D eigenvalue weighted by molar-refractivity contribution is 5.97. The highest BCUT2D eigenvalue weighted by Crippen LogP contribution is 2.34. The van der Waals surface area contributed by atoms with Crippen LogP contribution in [-0.2, 0) is 4.79 Å². The van der Waals surface area contributed by atoms with Gasteiger partial charge in [0, 0.05) is 12.6 Å². The van der Waals surface area contributed by atoms with Crippen molar-refractivity contribution < 1.29 is 9.53 Å². The fraction of sp³-hybridized carbons (Fsp3) is 0.250. The van der Waals surface area contributed by atoms with Crippen LogP contribution in [0.1, 0.15) is 6.42 Å². The Morgan fingerprint density at radius 1 is 1.59 bits per heavy atom. The Labute approximate surface area is 99.6 Å². The van der Waals surface area contributed by atoms with Gasteiger partial charge in [-0.05, 0) is 12.5 Å². The van der Waals surface area contributed by atoms with Crippen molar-refractivity contribution in [3.63, 3.8) is 0 Å². The second-order valence-electron chi connectivity index (χ2n) is 3.78. The fourth-order valence-electron chi connectivity index (χ4n) is 1.60. The van der Waals surface area contributed by atoms with Crippen molar-refractivity contribution in [1.82, 2.24) is 0 Å². The first kappa shape index (κ1) is 11.3. The summed E-state index contributed by atoms with van der Waals surface area (Å²) in [4.78, 5) is 11.2. The molecule has 0 saturated carbocycles. The molecule has 0 bridgehead atoms. The molecule has 5 nitrogen and oxygen atoms in total. The number of ether oxygens (including phenoxy) is 1. The van der Waals surface area contributed by atoms with Crippen LogP contribution in [0.15, 0.2) is 24.8 Å². The summed E-state index contributed by atoms with van der Waals surface area (Å²) in [5, 5.41) is 5.91. The maximum absolute atomic E-state index is 11.2. The van der Waals surface area contributed by atoms with Gasteiger partial charge in [0.15, 0.2) is 6.61 Å². The van der Waals surface area contributed by atoms with Crippen molar-refractivity contribution in [3.05, 3.63) is 24.8 Å². The number of amides is 1. The van der Waals surface area contributed by atoms with Crippen LogP contribution >= 0.6 is 0 Å². The molecule has 2 rings (SSSR count). The van der Waals surface area contributed by atoms with Gasteiger partial charge in [-0.2, -0.15) is 0 Å². The molecule has 0 radical (unpaired) electrons. The van der Waals surface area contributed by atoms with E-state index >= 15 is 0 Å². The van der Waals surface area contributed by atoms with E-state index < -0.39 is 0 Å². The van der Waals surface area contributed by atoms with Crippen LogP contribution in [-0.4, -0.2) is 19.1 Å². The Kier molecular flexibility index (Phi) is 3.18. The molecule has 0 atom stereocenters. The number of carbonyl (C=O) groups is 1. The third-order valence-electron chi connectivity index (χ3n) is 2.45. The van der Waals surface area contributed by atoms with E-state index in [0.29, 0.717) is 17.1 Å². The first-order valence-corrected chi connectivity index (χ1v) is 5.41. The SMILES string of the molecule is C=CCCNc1cc2c(cc1N)OCC(=O)N2. The maximum Gasteiger partial charge on any atom is 0.262 e. The van der Waals surface area contributed by atoms with Gasteiger partial charge in [-0.3, -0.25) is 4.79 Å². The van der Waals surface area contributed by atoms with E-state index in [1.165, 1.54) is 0 Å². The Balaban J connectivity index is 2.19. The fourth-order valence-corrected chi connectivity index (χ4v) is 1.60. The monoisotopic (exact) mass is 233 g/mol. The van der Waals surface area contributed by atoms with E-state index in [1.54, 1.807) is 12.1 Å². The number of carbonyl (C=O) groups excluding carboxylic acids is 1.